The molecule has 0 spiro atoms. The standard InChI is InChI=1S/C20H23N7O2/c1-12-9-27(11-23-12)18-16(28-3)6-14(7-21-18)24-20-22-8-17-19(25-20)26(2)15(10-29-17)13-4-5-13/h6-9,11,13,15H,4-5,10H2,1-3H3,(H,22,24,25)/t15-/m1/s1. The van der Waals surface area contributed by atoms with Crippen LogP contribution in [0.1, 0.15) is 18.5 Å². The number of aryl methyl sites for hydroxylation is 1. The number of imidazole rings is 1. The first-order chi connectivity index (χ1) is 14.1. The largest absolute Gasteiger partial charge is 0.493 e. The quantitative estimate of drug-likeness (QED) is 0.708. The molecule has 1 atom stereocenters. The van der Waals surface area contributed by atoms with Crippen LogP contribution in [0.25, 0.3) is 5.82 Å². The number of aromatic nitrogens is 5. The van der Waals surface area contributed by atoms with Gasteiger partial charge in [-0.2, -0.15) is 4.98 Å². The topological polar surface area (TPSA) is 90.2 Å². The highest BCUT2D eigenvalue weighted by Crippen LogP contribution is 2.41. The molecule has 9 nitrogen and oxygen atoms in total. The van der Waals surface area contributed by atoms with Gasteiger partial charge >= 0.3 is 0 Å². The van der Waals surface area contributed by atoms with E-state index < -0.39 is 0 Å². The number of hydrogen-bond donors (Lipinski definition) is 1. The molecule has 1 aliphatic carbocycles. The molecule has 1 aliphatic heterocycles. The molecule has 1 fully saturated rings. The molecule has 9 heteroatoms. The average molecular weight is 393 g/mol. The normalized spacial score (nSPS) is 18.2. The Bertz CT molecular complexity index is 1050. The lowest BCUT2D eigenvalue weighted by atomic mass is 10.1. The summed E-state index contributed by atoms with van der Waals surface area (Å²) in [6.07, 6.45) is 9.58. The smallest absolute Gasteiger partial charge is 0.229 e. The number of fused-ring (bicyclic) bond motifs is 1. The molecular formula is C20H23N7O2. The van der Waals surface area contributed by atoms with E-state index in [0.717, 1.165) is 22.9 Å². The van der Waals surface area contributed by atoms with Gasteiger partial charge in [-0.25, -0.2) is 15.0 Å². The summed E-state index contributed by atoms with van der Waals surface area (Å²) in [5.41, 5.74) is 1.65. The Morgan fingerprint density at radius 1 is 1.17 bits per heavy atom. The minimum Gasteiger partial charge on any atom is -0.493 e. The Morgan fingerprint density at radius 3 is 2.76 bits per heavy atom. The molecule has 0 bridgehead atoms. The molecule has 0 saturated heterocycles. The van der Waals surface area contributed by atoms with E-state index in [2.05, 4.69) is 37.2 Å². The number of anilines is 3. The van der Waals surface area contributed by atoms with E-state index in [-0.39, 0.29) is 0 Å². The van der Waals surface area contributed by atoms with E-state index in [0.29, 0.717) is 36.1 Å². The van der Waals surface area contributed by atoms with Gasteiger partial charge in [-0.15, -0.1) is 0 Å². The third-order valence-electron chi connectivity index (χ3n) is 5.41. The summed E-state index contributed by atoms with van der Waals surface area (Å²) in [6.45, 7) is 2.63. The summed E-state index contributed by atoms with van der Waals surface area (Å²) >= 11 is 0. The number of methoxy groups -OCH3 is 1. The first-order valence-electron chi connectivity index (χ1n) is 9.67. The predicted molar refractivity (Wildman–Crippen MR) is 108 cm³/mol. The van der Waals surface area contributed by atoms with Crippen molar-refractivity contribution in [2.24, 2.45) is 5.92 Å². The van der Waals surface area contributed by atoms with Crippen molar-refractivity contribution in [3.05, 3.63) is 36.7 Å². The van der Waals surface area contributed by atoms with E-state index in [1.54, 1.807) is 25.8 Å². The van der Waals surface area contributed by atoms with E-state index in [9.17, 15) is 0 Å². The maximum absolute atomic E-state index is 5.88. The maximum atomic E-state index is 5.88. The van der Waals surface area contributed by atoms with Crippen molar-refractivity contribution in [1.29, 1.82) is 0 Å². The molecule has 1 saturated carbocycles. The molecule has 1 N–H and O–H groups in total. The third-order valence-corrected chi connectivity index (χ3v) is 5.41. The number of pyridine rings is 1. The monoisotopic (exact) mass is 393 g/mol. The second-order valence-corrected chi connectivity index (χ2v) is 7.51. The zero-order chi connectivity index (χ0) is 20.0. The van der Waals surface area contributed by atoms with Crippen LogP contribution in [0.5, 0.6) is 11.5 Å². The SMILES string of the molecule is COc1cc(Nc2ncc3c(n2)N(C)[C@@H](C2CC2)CO3)cnc1-n1cnc(C)c1. The lowest BCUT2D eigenvalue weighted by Gasteiger charge is -2.34. The Labute approximate surface area is 168 Å². The number of rotatable bonds is 5. The van der Waals surface area contributed by atoms with Crippen LogP contribution in [-0.2, 0) is 0 Å². The first kappa shape index (κ1) is 17.7. The highest BCUT2D eigenvalue weighted by molar-refractivity contribution is 5.62. The molecule has 3 aromatic rings. The molecule has 3 aromatic heterocycles. The second kappa shape index (κ2) is 6.91. The Hall–Kier alpha value is -3.36. The fourth-order valence-corrected chi connectivity index (χ4v) is 3.67. The molecule has 2 aliphatic rings. The molecule has 0 unspecified atom stereocenters. The van der Waals surface area contributed by atoms with Crippen molar-refractivity contribution < 1.29 is 9.47 Å². The molecule has 29 heavy (non-hydrogen) atoms. The van der Waals surface area contributed by atoms with Crippen LogP contribution in [0.2, 0.25) is 0 Å². The van der Waals surface area contributed by atoms with Crippen molar-refractivity contribution in [3.63, 3.8) is 0 Å². The van der Waals surface area contributed by atoms with Crippen LogP contribution < -0.4 is 19.7 Å². The molecule has 0 amide bonds. The predicted octanol–water partition coefficient (Wildman–Crippen LogP) is 2.73. The zero-order valence-electron chi connectivity index (χ0n) is 16.7. The van der Waals surface area contributed by atoms with Crippen molar-refractivity contribution in [2.75, 3.05) is 31.0 Å². The van der Waals surface area contributed by atoms with Gasteiger partial charge in [-0.1, -0.05) is 0 Å². The van der Waals surface area contributed by atoms with Crippen LogP contribution in [0.15, 0.2) is 31.0 Å². The zero-order valence-corrected chi connectivity index (χ0v) is 16.7. The van der Waals surface area contributed by atoms with Crippen LogP contribution >= 0.6 is 0 Å². The van der Waals surface area contributed by atoms with Crippen molar-refractivity contribution >= 4 is 17.5 Å². The van der Waals surface area contributed by atoms with Gasteiger partial charge < -0.3 is 19.7 Å². The van der Waals surface area contributed by atoms with Crippen LogP contribution in [0.4, 0.5) is 17.5 Å². The highest BCUT2D eigenvalue weighted by Gasteiger charge is 2.38. The summed E-state index contributed by atoms with van der Waals surface area (Å²) in [4.78, 5) is 20.1. The number of ether oxygens (including phenoxy) is 2. The maximum Gasteiger partial charge on any atom is 0.229 e. The van der Waals surface area contributed by atoms with E-state index in [1.165, 1.54) is 12.8 Å². The molecule has 150 valence electrons. The van der Waals surface area contributed by atoms with Gasteiger partial charge in [0.1, 0.15) is 12.9 Å². The Morgan fingerprint density at radius 2 is 2.03 bits per heavy atom. The minimum atomic E-state index is 0.380. The highest BCUT2D eigenvalue weighted by atomic mass is 16.5. The fourth-order valence-electron chi connectivity index (χ4n) is 3.67. The molecule has 5 rings (SSSR count). The van der Waals surface area contributed by atoms with Crippen LogP contribution in [0.3, 0.4) is 0 Å². The lowest BCUT2D eigenvalue weighted by Crippen LogP contribution is -2.42. The van der Waals surface area contributed by atoms with Gasteiger partial charge in [-0.05, 0) is 25.7 Å². The first-order valence-corrected chi connectivity index (χ1v) is 9.67. The van der Waals surface area contributed by atoms with Crippen molar-refractivity contribution in [2.45, 2.75) is 25.8 Å². The van der Waals surface area contributed by atoms with Crippen molar-refractivity contribution in [1.82, 2.24) is 24.5 Å². The average Bonchev–Trinajstić information content (AvgIpc) is 3.48. The van der Waals surface area contributed by atoms with Crippen LogP contribution in [0, 0.1) is 12.8 Å². The molecule has 0 aromatic carbocycles. The number of hydrogen-bond acceptors (Lipinski definition) is 8. The van der Waals surface area contributed by atoms with Gasteiger partial charge in [0.15, 0.2) is 23.1 Å². The summed E-state index contributed by atoms with van der Waals surface area (Å²) in [7, 11) is 3.70. The van der Waals surface area contributed by atoms with Crippen LogP contribution in [-0.4, -0.2) is 51.3 Å². The summed E-state index contributed by atoms with van der Waals surface area (Å²) in [6, 6.07) is 2.25. The molecular weight excluding hydrogens is 370 g/mol. The summed E-state index contributed by atoms with van der Waals surface area (Å²) < 4.78 is 13.2. The summed E-state index contributed by atoms with van der Waals surface area (Å²) in [5.74, 6) is 4.02. The Balaban J connectivity index is 1.40. The van der Waals surface area contributed by atoms with Gasteiger partial charge in [-0.3, -0.25) is 4.57 Å². The van der Waals surface area contributed by atoms with Gasteiger partial charge in [0, 0.05) is 19.3 Å². The van der Waals surface area contributed by atoms with Gasteiger partial charge in [0.2, 0.25) is 5.95 Å². The van der Waals surface area contributed by atoms with E-state index >= 15 is 0 Å². The fraction of sp³-hybridized carbons (Fsp3) is 0.400. The third kappa shape index (κ3) is 3.32. The number of nitrogens with one attached hydrogen (secondary N) is 1. The van der Waals surface area contributed by atoms with Gasteiger partial charge in [0.25, 0.3) is 0 Å². The number of nitrogens with zero attached hydrogens (tertiary/aromatic N) is 6. The van der Waals surface area contributed by atoms with Gasteiger partial charge in [0.05, 0.1) is 36.9 Å². The van der Waals surface area contributed by atoms with E-state index in [1.807, 2.05) is 23.8 Å². The summed E-state index contributed by atoms with van der Waals surface area (Å²) in [5, 5.41) is 3.22. The minimum absolute atomic E-state index is 0.380. The van der Waals surface area contributed by atoms with E-state index in [4.69, 9.17) is 9.47 Å². The number of likely N-dealkylation sites (N-methyl/N-ethyl adjacent to an activating group) is 1. The lowest BCUT2D eigenvalue weighted by molar-refractivity contribution is 0.250. The molecule has 0 radical (unpaired) electrons. The molecule has 4 heterocycles. The second-order valence-electron chi connectivity index (χ2n) is 7.51. The Kier molecular flexibility index (Phi) is 4.22. The van der Waals surface area contributed by atoms with Crippen molar-refractivity contribution in [3.8, 4) is 17.3 Å².